The number of nitrogens with one attached hydrogen (secondary N) is 1. The largest absolute Gasteiger partial charge is 0.417 e. The van der Waals surface area contributed by atoms with Crippen molar-refractivity contribution in [1.82, 2.24) is 0 Å². The van der Waals surface area contributed by atoms with Crippen LogP contribution in [0.15, 0.2) is 23.6 Å². The topological polar surface area (TPSA) is 24.5 Å². The van der Waals surface area contributed by atoms with E-state index < -0.39 is 0 Å². The summed E-state index contributed by atoms with van der Waals surface area (Å²) in [4.78, 5) is 12.8. The molecule has 6 heteroatoms. The Morgan fingerprint density at radius 3 is 2.89 bits per heavy atom. The molecule has 2 aliphatic heterocycles. The van der Waals surface area contributed by atoms with Gasteiger partial charge in [0.25, 0.3) is 0 Å². The minimum atomic E-state index is 0.0920. The van der Waals surface area contributed by atoms with Gasteiger partial charge in [0.1, 0.15) is 0 Å². The average Bonchev–Trinajstić information content (AvgIpc) is 2.90. The Kier molecular flexibility index (Phi) is 3.43. The zero-order valence-electron chi connectivity index (χ0n) is 10.2. The van der Waals surface area contributed by atoms with E-state index in [1.54, 1.807) is 24.8 Å². The summed E-state index contributed by atoms with van der Waals surface area (Å²) in [7, 11) is 0. The van der Waals surface area contributed by atoms with Gasteiger partial charge in [-0.15, -0.1) is 4.58 Å². The number of amides is 1. The Morgan fingerprint density at radius 2 is 2.21 bits per heavy atom. The zero-order chi connectivity index (χ0) is 13.6. The molecule has 1 aromatic rings. The minimum absolute atomic E-state index is 0.0920. The Hall–Kier alpha value is -0.810. The van der Waals surface area contributed by atoms with Gasteiger partial charge in [0.15, 0.2) is 12.2 Å². The summed E-state index contributed by atoms with van der Waals surface area (Å²) in [5, 5.41) is 4.39. The number of fused-ring (bicyclic) bond motifs is 1. The molecule has 1 amide bonds. The van der Waals surface area contributed by atoms with Crippen molar-refractivity contribution < 1.29 is 14.3 Å². The van der Waals surface area contributed by atoms with Crippen LogP contribution in [-0.2, 0) is 4.79 Å². The fourth-order valence-electron chi connectivity index (χ4n) is 2.40. The molecule has 0 saturated carbocycles. The van der Waals surface area contributed by atoms with E-state index in [2.05, 4.69) is 5.41 Å². The molecule has 1 aromatic carbocycles. The number of thioether (sulfide) groups is 1. The van der Waals surface area contributed by atoms with Crippen molar-refractivity contribution in [1.29, 1.82) is 0 Å². The zero-order valence-corrected chi connectivity index (χ0v) is 12.6. The van der Waals surface area contributed by atoms with Crippen LogP contribution in [0.2, 0.25) is 10.0 Å². The van der Waals surface area contributed by atoms with E-state index >= 15 is 0 Å². The summed E-state index contributed by atoms with van der Waals surface area (Å²) in [5.41, 5.74) is 2.10. The molecule has 0 fully saturated rings. The van der Waals surface area contributed by atoms with E-state index in [1.807, 2.05) is 16.7 Å². The summed E-state index contributed by atoms with van der Waals surface area (Å²) in [5.74, 6) is 0.0920. The third-order valence-electron chi connectivity index (χ3n) is 3.30. The second kappa shape index (κ2) is 4.94. The Balaban J connectivity index is 1.99. The Labute approximate surface area is 125 Å². The van der Waals surface area contributed by atoms with Gasteiger partial charge in [-0.1, -0.05) is 23.2 Å². The number of quaternary nitrogens is 1. The molecule has 19 heavy (non-hydrogen) atoms. The molecule has 2 aliphatic rings. The summed E-state index contributed by atoms with van der Waals surface area (Å²) in [6.07, 6.45) is 0. The van der Waals surface area contributed by atoms with Crippen molar-refractivity contribution in [3.63, 3.8) is 0 Å². The van der Waals surface area contributed by atoms with Crippen molar-refractivity contribution in [2.75, 3.05) is 13.1 Å². The molecule has 1 N–H and O–H groups in total. The fraction of sp³-hybridized carbons (Fsp3) is 0.231. The monoisotopic (exact) mass is 314 g/mol. The smallest absolute Gasteiger partial charge is 0.220 e. The number of halogens is 2. The lowest BCUT2D eigenvalue weighted by atomic mass is 10.1. The van der Waals surface area contributed by atoms with Crippen LogP contribution in [0.25, 0.3) is 5.70 Å². The van der Waals surface area contributed by atoms with Gasteiger partial charge in [0.05, 0.1) is 17.5 Å². The molecule has 0 bridgehead atoms. The maximum Gasteiger partial charge on any atom is 0.417 e. The van der Waals surface area contributed by atoms with E-state index in [-0.39, 0.29) is 5.91 Å². The lowest BCUT2D eigenvalue weighted by molar-refractivity contribution is -0.711. The summed E-state index contributed by atoms with van der Waals surface area (Å²) in [6, 6.07) is 5.52. The molecule has 0 saturated heterocycles. The van der Waals surface area contributed by atoms with Crippen LogP contribution < -0.4 is 4.90 Å². The first kappa shape index (κ1) is 13.2. The molecule has 3 rings (SSSR count). The van der Waals surface area contributed by atoms with Gasteiger partial charge < -0.3 is 0 Å². The molecule has 1 atom stereocenters. The SMILES string of the molecule is CC(=O)[N+]1=C2SC=C(c3ccc(Cl)cc3Cl)[NH+]2CC1. The van der Waals surface area contributed by atoms with Gasteiger partial charge in [-0.05, 0) is 18.2 Å². The van der Waals surface area contributed by atoms with Crippen LogP contribution in [0.3, 0.4) is 0 Å². The number of hydrogen-bond donors (Lipinski definition) is 1. The normalized spacial score (nSPS) is 21.6. The van der Waals surface area contributed by atoms with E-state index in [0.29, 0.717) is 10.0 Å². The van der Waals surface area contributed by atoms with Crippen molar-refractivity contribution in [2.45, 2.75) is 6.92 Å². The first-order valence-electron chi connectivity index (χ1n) is 5.92. The molecule has 98 valence electrons. The van der Waals surface area contributed by atoms with Crippen LogP contribution in [0.5, 0.6) is 0 Å². The average molecular weight is 315 g/mol. The van der Waals surface area contributed by atoms with Crippen LogP contribution in [-0.4, -0.2) is 28.7 Å². The number of nitrogens with zero attached hydrogens (tertiary/aromatic N) is 1. The maximum atomic E-state index is 11.6. The Morgan fingerprint density at radius 1 is 1.42 bits per heavy atom. The summed E-state index contributed by atoms with van der Waals surface area (Å²) < 4.78 is 1.83. The number of carbonyl (C=O) groups is 1. The molecule has 0 radical (unpaired) electrons. The van der Waals surface area contributed by atoms with Gasteiger partial charge >= 0.3 is 11.1 Å². The second-order valence-corrected chi connectivity index (χ2v) is 6.18. The number of amidine groups is 1. The maximum absolute atomic E-state index is 11.6. The first-order valence-corrected chi connectivity index (χ1v) is 7.55. The molecular formula is C13H12Cl2N2OS+2. The fourth-order valence-corrected chi connectivity index (χ4v) is 4.11. The van der Waals surface area contributed by atoms with E-state index in [9.17, 15) is 4.79 Å². The van der Waals surface area contributed by atoms with Crippen molar-refractivity contribution in [2.24, 2.45) is 0 Å². The quantitative estimate of drug-likeness (QED) is 0.800. The first-order chi connectivity index (χ1) is 9.08. The molecule has 0 aromatic heterocycles. The predicted molar refractivity (Wildman–Crippen MR) is 78.7 cm³/mol. The highest BCUT2D eigenvalue weighted by molar-refractivity contribution is 8.16. The van der Waals surface area contributed by atoms with Crippen LogP contribution in [0.4, 0.5) is 0 Å². The predicted octanol–water partition coefficient (Wildman–Crippen LogP) is 1.85. The third-order valence-corrected chi connectivity index (χ3v) is 4.90. The van der Waals surface area contributed by atoms with Gasteiger partial charge in [-0.3, -0.25) is 0 Å². The molecule has 0 spiro atoms. The molecular weight excluding hydrogens is 303 g/mol. The molecule has 0 aliphatic carbocycles. The lowest BCUT2D eigenvalue weighted by Crippen LogP contribution is -3.09. The van der Waals surface area contributed by atoms with Crippen LogP contribution >= 0.6 is 35.0 Å². The van der Waals surface area contributed by atoms with E-state index in [1.165, 1.54) is 4.90 Å². The van der Waals surface area contributed by atoms with Gasteiger partial charge in [0, 0.05) is 22.2 Å². The molecule has 1 unspecified atom stereocenters. The Bertz CT molecular complexity index is 640. The van der Waals surface area contributed by atoms with Crippen molar-refractivity contribution in [3.8, 4) is 0 Å². The van der Waals surface area contributed by atoms with E-state index in [0.717, 1.165) is 29.5 Å². The van der Waals surface area contributed by atoms with Crippen LogP contribution in [0, 0.1) is 0 Å². The standard InChI is InChI=1S/C13H11Cl2N2OS/c1-8(18)16-4-5-17-12(7-19-13(16)17)10-3-2-9(14)6-11(10)15/h2-3,6-7H,4-5H2,1H3/q+1/p+1. The number of carbonyl (C=O) groups excluding carboxylic acids is 1. The highest BCUT2D eigenvalue weighted by Crippen LogP contribution is 2.29. The second-order valence-electron chi connectivity index (χ2n) is 4.48. The molecule has 3 nitrogen and oxygen atoms in total. The van der Waals surface area contributed by atoms with Gasteiger partial charge in [0.2, 0.25) is 6.54 Å². The highest BCUT2D eigenvalue weighted by atomic mass is 35.5. The van der Waals surface area contributed by atoms with Crippen molar-refractivity contribution in [3.05, 3.63) is 39.2 Å². The van der Waals surface area contributed by atoms with Crippen molar-refractivity contribution >= 4 is 51.7 Å². The van der Waals surface area contributed by atoms with Gasteiger partial charge in [-0.25, -0.2) is 9.69 Å². The highest BCUT2D eigenvalue weighted by Gasteiger charge is 2.45. The third kappa shape index (κ3) is 2.23. The number of hydrogen-bond acceptors (Lipinski definition) is 2. The molecule has 2 heterocycles. The van der Waals surface area contributed by atoms with Gasteiger partial charge in [-0.2, -0.15) is 0 Å². The minimum Gasteiger partial charge on any atom is -0.220 e. The number of rotatable bonds is 1. The van der Waals surface area contributed by atoms with E-state index in [4.69, 9.17) is 23.2 Å². The van der Waals surface area contributed by atoms with Crippen LogP contribution in [0.1, 0.15) is 12.5 Å². The summed E-state index contributed by atoms with van der Waals surface area (Å²) in [6.45, 7) is 3.24. The summed E-state index contributed by atoms with van der Waals surface area (Å²) >= 11 is 13.8. The lowest BCUT2D eigenvalue weighted by Gasteiger charge is -2.08. The number of benzene rings is 1.